The Kier molecular flexibility index (Phi) is 5.69. The van der Waals surface area contributed by atoms with E-state index < -0.39 is 0 Å². The van der Waals surface area contributed by atoms with Gasteiger partial charge in [0.25, 0.3) is 0 Å². The van der Waals surface area contributed by atoms with Gasteiger partial charge in [-0.15, -0.1) is 0 Å². The van der Waals surface area contributed by atoms with Gasteiger partial charge >= 0.3 is 0 Å². The molecule has 1 rings (SSSR count). The van der Waals surface area contributed by atoms with Gasteiger partial charge in [0.2, 0.25) is 5.75 Å². The molecule has 4 heteroatoms. The SMILES string of the molecule is CCNC(c1cc(OC)c(OC)c(OC)c1)C(C)(C)C. The molecule has 0 saturated heterocycles. The summed E-state index contributed by atoms with van der Waals surface area (Å²) < 4.78 is 16.2. The van der Waals surface area contributed by atoms with Crippen molar-refractivity contribution in [2.45, 2.75) is 33.7 Å². The van der Waals surface area contributed by atoms with Crippen molar-refractivity contribution in [1.82, 2.24) is 5.32 Å². The van der Waals surface area contributed by atoms with Gasteiger partial charge in [0.05, 0.1) is 21.3 Å². The molecule has 1 aromatic carbocycles. The van der Waals surface area contributed by atoms with Crippen molar-refractivity contribution < 1.29 is 14.2 Å². The molecule has 0 aliphatic heterocycles. The predicted octanol–water partition coefficient (Wildman–Crippen LogP) is 3.41. The lowest BCUT2D eigenvalue weighted by Crippen LogP contribution is -2.32. The third kappa shape index (κ3) is 3.57. The Morgan fingerprint density at radius 1 is 1.00 bits per heavy atom. The van der Waals surface area contributed by atoms with Crippen molar-refractivity contribution in [3.63, 3.8) is 0 Å². The van der Waals surface area contributed by atoms with Crippen LogP contribution in [0.1, 0.15) is 39.3 Å². The van der Waals surface area contributed by atoms with E-state index in [4.69, 9.17) is 14.2 Å². The molecular weight excluding hydrogens is 254 g/mol. The second kappa shape index (κ2) is 6.84. The topological polar surface area (TPSA) is 39.7 Å². The van der Waals surface area contributed by atoms with E-state index in [1.165, 1.54) is 0 Å². The fourth-order valence-corrected chi connectivity index (χ4v) is 2.40. The molecule has 1 N–H and O–H groups in total. The van der Waals surface area contributed by atoms with Gasteiger partial charge in [0.15, 0.2) is 11.5 Å². The number of rotatable bonds is 6. The molecule has 1 unspecified atom stereocenters. The normalized spacial score (nSPS) is 12.9. The maximum absolute atomic E-state index is 5.43. The van der Waals surface area contributed by atoms with Crippen molar-refractivity contribution in [3.8, 4) is 17.2 Å². The van der Waals surface area contributed by atoms with Crippen molar-refractivity contribution in [3.05, 3.63) is 17.7 Å². The van der Waals surface area contributed by atoms with E-state index in [2.05, 4.69) is 33.0 Å². The fourth-order valence-electron chi connectivity index (χ4n) is 2.40. The highest BCUT2D eigenvalue weighted by Gasteiger charge is 2.27. The quantitative estimate of drug-likeness (QED) is 0.867. The average Bonchev–Trinajstić information content (AvgIpc) is 2.41. The highest BCUT2D eigenvalue weighted by Crippen LogP contribution is 2.42. The molecule has 114 valence electrons. The third-order valence-electron chi connectivity index (χ3n) is 3.29. The zero-order valence-electron chi connectivity index (χ0n) is 13.7. The van der Waals surface area contributed by atoms with Crippen LogP contribution in [0.25, 0.3) is 0 Å². The van der Waals surface area contributed by atoms with E-state index in [0.717, 1.165) is 12.1 Å². The minimum absolute atomic E-state index is 0.0839. The van der Waals surface area contributed by atoms with Crippen molar-refractivity contribution in [2.24, 2.45) is 5.41 Å². The maximum Gasteiger partial charge on any atom is 0.203 e. The zero-order valence-corrected chi connectivity index (χ0v) is 13.7. The molecule has 0 saturated carbocycles. The highest BCUT2D eigenvalue weighted by atomic mass is 16.5. The van der Waals surface area contributed by atoms with E-state index in [-0.39, 0.29) is 11.5 Å². The van der Waals surface area contributed by atoms with Gasteiger partial charge in [-0.2, -0.15) is 0 Å². The van der Waals surface area contributed by atoms with Crippen LogP contribution in [0.4, 0.5) is 0 Å². The summed E-state index contributed by atoms with van der Waals surface area (Å²) in [5, 5.41) is 3.53. The Hall–Kier alpha value is -1.42. The smallest absolute Gasteiger partial charge is 0.203 e. The molecule has 0 aliphatic rings. The van der Waals surface area contributed by atoms with Crippen LogP contribution < -0.4 is 19.5 Å². The van der Waals surface area contributed by atoms with E-state index in [1.807, 2.05) is 12.1 Å². The molecule has 0 bridgehead atoms. The average molecular weight is 281 g/mol. The highest BCUT2D eigenvalue weighted by molar-refractivity contribution is 5.54. The van der Waals surface area contributed by atoms with E-state index in [1.54, 1.807) is 21.3 Å². The second-order valence-electron chi connectivity index (χ2n) is 5.82. The molecule has 1 aromatic rings. The summed E-state index contributed by atoms with van der Waals surface area (Å²) in [5.41, 5.74) is 1.22. The summed E-state index contributed by atoms with van der Waals surface area (Å²) in [7, 11) is 4.90. The molecule has 0 fully saturated rings. The molecule has 4 nitrogen and oxygen atoms in total. The number of nitrogens with one attached hydrogen (secondary N) is 1. The van der Waals surface area contributed by atoms with Crippen LogP contribution in [0.15, 0.2) is 12.1 Å². The zero-order chi connectivity index (χ0) is 15.3. The number of methoxy groups -OCH3 is 3. The van der Waals surface area contributed by atoms with E-state index in [9.17, 15) is 0 Å². The van der Waals surface area contributed by atoms with Crippen LogP contribution in [-0.2, 0) is 0 Å². The molecule has 20 heavy (non-hydrogen) atoms. The lowest BCUT2D eigenvalue weighted by molar-refractivity contribution is 0.272. The number of benzene rings is 1. The minimum atomic E-state index is 0.0839. The molecule has 0 aliphatic carbocycles. The molecule has 1 atom stereocenters. The van der Waals surface area contributed by atoms with Crippen LogP contribution in [0, 0.1) is 5.41 Å². The molecular formula is C16H27NO3. The first-order valence-electron chi connectivity index (χ1n) is 6.92. The lowest BCUT2D eigenvalue weighted by atomic mass is 9.82. The molecule has 0 heterocycles. The number of hydrogen-bond acceptors (Lipinski definition) is 4. The molecule has 0 radical (unpaired) electrons. The summed E-state index contributed by atoms with van der Waals surface area (Å²) in [4.78, 5) is 0. The first-order valence-corrected chi connectivity index (χ1v) is 6.92. The van der Waals surface area contributed by atoms with Gasteiger partial charge in [-0.3, -0.25) is 0 Å². The minimum Gasteiger partial charge on any atom is -0.493 e. The van der Waals surface area contributed by atoms with E-state index in [0.29, 0.717) is 17.2 Å². The Balaban J connectivity index is 3.36. The third-order valence-corrected chi connectivity index (χ3v) is 3.29. The van der Waals surface area contributed by atoms with Gasteiger partial charge < -0.3 is 19.5 Å². The largest absolute Gasteiger partial charge is 0.493 e. The second-order valence-corrected chi connectivity index (χ2v) is 5.82. The van der Waals surface area contributed by atoms with Crippen molar-refractivity contribution >= 4 is 0 Å². The summed E-state index contributed by atoms with van der Waals surface area (Å²) in [6.45, 7) is 9.64. The van der Waals surface area contributed by atoms with Gasteiger partial charge in [-0.05, 0) is 29.7 Å². The van der Waals surface area contributed by atoms with Crippen LogP contribution in [0.2, 0.25) is 0 Å². The van der Waals surface area contributed by atoms with Crippen molar-refractivity contribution in [1.29, 1.82) is 0 Å². The molecule has 0 amide bonds. The van der Waals surface area contributed by atoms with Gasteiger partial charge in [-0.25, -0.2) is 0 Å². The molecule has 0 aromatic heterocycles. The first kappa shape index (κ1) is 16.6. The Labute approximate surface area is 122 Å². The van der Waals surface area contributed by atoms with E-state index >= 15 is 0 Å². The van der Waals surface area contributed by atoms with Gasteiger partial charge in [0.1, 0.15) is 0 Å². The van der Waals surface area contributed by atoms with Crippen LogP contribution >= 0.6 is 0 Å². The number of hydrogen-bond donors (Lipinski definition) is 1. The van der Waals surface area contributed by atoms with Crippen LogP contribution in [0.5, 0.6) is 17.2 Å². The number of ether oxygens (including phenoxy) is 3. The van der Waals surface area contributed by atoms with Crippen molar-refractivity contribution in [2.75, 3.05) is 27.9 Å². The first-order chi connectivity index (χ1) is 9.38. The summed E-state index contributed by atoms with van der Waals surface area (Å²) in [6.07, 6.45) is 0. The monoisotopic (exact) mass is 281 g/mol. The predicted molar refractivity (Wildman–Crippen MR) is 82.0 cm³/mol. The standard InChI is InChI=1S/C16H27NO3/c1-8-17-15(16(2,3)4)11-9-12(18-5)14(20-7)13(10-11)19-6/h9-10,15,17H,8H2,1-7H3. The maximum atomic E-state index is 5.43. The van der Waals surface area contributed by atoms with Crippen LogP contribution in [0.3, 0.4) is 0 Å². The summed E-state index contributed by atoms with van der Waals surface area (Å²) in [5.74, 6) is 2.01. The van der Waals surface area contributed by atoms with Gasteiger partial charge in [-0.1, -0.05) is 27.7 Å². The van der Waals surface area contributed by atoms with Crippen LogP contribution in [-0.4, -0.2) is 27.9 Å². The summed E-state index contributed by atoms with van der Waals surface area (Å²) >= 11 is 0. The fraction of sp³-hybridized carbons (Fsp3) is 0.625. The Morgan fingerprint density at radius 2 is 1.50 bits per heavy atom. The Bertz CT molecular complexity index is 413. The summed E-state index contributed by atoms with van der Waals surface area (Å²) in [6, 6.07) is 4.24. The van der Waals surface area contributed by atoms with Gasteiger partial charge in [0, 0.05) is 6.04 Å². The Morgan fingerprint density at radius 3 is 1.80 bits per heavy atom. The lowest BCUT2D eigenvalue weighted by Gasteiger charge is -2.32. The molecule has 0 spiro atoms.